The number of nitrogens with one attached hydrogen (secondary N) is 1. The summed E-state index contributed by atoms with van der Waals surface area (Å²) in [6, 6.07) is 2.97. The van der Waals surface area contributed by atoms with Crippen molar-refractivity contribution in [1.82, 2.24) is 15.1 Å². The third kappa shape index (κ3) is 4.32. The summed E-state index contributed by atoms with van der Waals surface area (Å²) in [4.78, 5) is 29.4. The predicted octanol–water partition coefficient (Wildman–Crippen LogP) is 2.05. The van der Waals surface area contributed by atoms with Crippen molar-refractivity contribution < 1.29 is 9.59 Å². The number of rotatable bonds is 5. The van der Waals surface area contributed by atoms with E-state index >= 15 is 0 Å². The van der Waals surface area contributed by atoms with Crippen molar-refractivity contribution in [2.45, 2.75) is 24.6 Å². The Morgan fingerprint density at radius 1 is 1.48 bits per heavy atom. The minimum atomic E-state index is -0.601. The number of carbonyl (C=O) groups is 2. The van der Waals surface area contributed by atoms with Gasteiger partial charge in [-0.2, -0.15) is 0 Å². The Hall–Kier alpha value is -0.960. The largest absolute Gasteiger partial charge is 0.338 e. The second kappa shape index (κ2) is 7.29. The molecule has 5 nitrogen and oxygen atoms in total. The third-order valence-electron chi connectivity index (χ3n) is 3.57. The molecule has 126 valence electrons. The van der Waals surface area contributed by atoms with Gasteiger partial charge in [-0.25, -0.2) is 0 Å². The molecule has 1 saturated heterocycles. The summed E-state index contributed by atoms with van der Waals surface area (Å²) in [5, 5.41) is 4.73. The normalized spacial score (nSPS) is 20.9. The first-order chi connectivity index (χ1) is 10.7. The Morgan fingerprint density at radius 3 is 2.74 bits per heavy atom. The molecule has 1 aliphatic rings. The van der Waals surface area contributed by atoms with Crippen LogP contribution in [0, 0.1) is 0 Å². The van der Waals surface area contributed by atoms with Crippen molar-refractivity contribution in [2.75, 3.05) is 27.2 Å². The zero-order valence-corrected chi connectivity index (χ0v) is 16.1. The summed E-state index contributed by atoms with van der Waals surface area (Å²) in [6.45, 7) is 5.12. The molecule has 0 bridgehead atoms. The first kappa shape index (κ1) is 18.4. The highest BCUT2D eigenvalue weighted by atomic mass is 32.2. The molecular formula is C15H21N3O2S3. The lowest BCUT2D eigenvalue weighted by Crippen LogP contribution is -2.62. The molecule has 23 heavy (non-hydrogen) atoms. The van der Waals surface area contributed by atoms with E-state index in [2.05, 4.69) is 5.32 Å². The topological polar surface area (TPSA) is 52.6 Å². The van der Waals surface area contributed by atoms with E-state index < -0.39 is 10.8 Å². The van der Waals surface area contributed by atoms with E-state index in [0.29, 0.717) is 15.7 Å². The summed E-state index contributed by atoms with van der Waals surface area (Å²) in [5.41, 5.74) is 0. The highest BCUT2D eigenvalue weighted by molar-refractivity contribution is 8.24. The standard InChI is InChI=1S/C15H21N3O2S3/c1-15(2)11(16-12(19)10-6-5-9-22-10)13(20)18(14(21)23-15)8-7-17(3)4/h5-6,9,11H,7-8H2,1-4H3,(H,16,19). The van der Waals surface area contributed by atoms with Gasteiger partial charge in [-0.3, -0.25) is 14.5 Å². The molecule has 2 amide bonds. The summed E-state index contributed by atoms with van der Waals surface area (Å²) in [5.74, 6) is -0.349. The number of thioether (sulfide) groups is 1. The van der Waals surface area contributed by atoms with E-state index in [1.807, 2.05) is 44.3 Å². The van der Waals surface area contributed by atoms with Gasteiger partial charge in [-0.1, -0.05) is 30.0 Å². The molecule has 0 spiro atoms. The molecule has 0 saturated carbocycles. The van der Waals surface area contributed by atoms with E-state index in [9.17, 15) is 9.59 Å². The third-order valence-corrected chi connectivity index (χ3v) is 6.07. The Kier molecular flexibility index (Phi) is 5.83. The van der Waals surface area contributed by atoms with E-state index in [4.69, 9.17) is 12.2 Å². The molecule has 1 atom stereocenters. The number of hydrogen-bond donors (Lipinski definition) is 1. The van der Waals surface area contributed by atoms with Crippen LogP contribution in [0.3, 0.4) is 0 Å². The average molecular weight is 372 g/mol. The first-order valence-electron chi connectivity index (χ1n) is 7.26. The maximum Gasteiger partial charge on any atom is 0.262 e. The summed E-state index contributed by atoms with van der Waals surface area (Å²) in [7, 11) is 3.90. The Balaban J connectivity index is 2.16. The second-order valence-corrected chi connectivity index (χ2v) is 9.38. The molecule has 1 aromatic rings. The fraction of sp³-hybridized carbons (Fsp3) is 0.533. The molecule has 0 aliphatic carbocycles. The van der Waals surface area contributed by atoms with Gasteiger partial charge in [0.2, 0.25) is 0 Å². The summed E-state index contributed by atoms with van der Waals surface area (Å²) < 4.78 is 0.0962. The van der Waals surface area contributed by atoms with E-state index in [0.717, 1.165) is 6.54 Å². The zero-order chi connectivity index (χ0) is 17.2. The minimum absolute atomic E-state index is 0.134. The van der Waals surface area contributed by atoms with Crippen LogP contribution in [0.1, 0.15) is 23.5 Å². The number of thiocarbonyl (C=S) groups is 1. The van der Waals surface area contributed by atoms with Gasteiger partial charge in [0.25, 0.3) is 11.8 Å². The number of thiophene rings is 1. The van der Waals surface area contributed by atoms with Gasteiger partial charge in [-0.15, -0.1) is 11.3 Å². The van der Waals surface area contributed by atoms with Crippen LogP contribution >= 0.6 is 35.3 Å². The van der Waals surface area contributed by atoms with Gasteiger partial charge in [0.1, 0.15) is 10.4 Å². The van der Waals surface area contributed by atoms with Crippen molar-refractivity contribution in [1.29, 1.82) is 0 Å². The quantitative estimate of drug-likeness (QED) is 0.803. The van der Waals surface area contributed by atoms with Crippen molar-refractivity contribution in [3.8, 4) is 0 Å². The molecule has 2 rings (SSSR count). The molecule has 1 N–H and O–H groups in total. The summed E-state index contributed by atoms with van der Waals surface area (Å²) in [6.07, 6.45) is 0. The molecule has 8 heteroatoms. The van der Waals surface area contributed by atoms with Crippen LogP contribution in [0.25, 0.3) is 0 Å². The van der Waals surface area contributed by atoms with E-state index in [1.165, 1.54) is 23.1 Å². The van der Waals surface area contributed by atoms with Crippen LogP contribution in [0.5, 0.6) is 0 Å². The predicted molar refractivity (Wildman–Crippen MR) is 100 cm³/mol. The maximum atomic E-state index is 12.9. The van der Waals surface area contributed by atoms with Gasteiger partial charge >= 0.3 is 0 Å². The minimum Gasteiger partial charge on any atom is -0.338 e. The number of nitrogens with zero attached hydrogens (tertiary/aromatic N) is 2. The lowest BCUT2D eigenvalue weighted by Gasteiger charge is -2.42. The van der Waals surface area contributed by atoms with Gasteiger partial charge in [0.05, 0.1) is 4.88 Å². The van der Waals surface area contributed by atoms with Crippen LogP contribution in [0.4, 0.5) is 0 Å². The van der Waals surface area contributed by atoms with Crippen LogP contribution in [-0.4, -0.2) is 63.9 Å². The maximum absolute atomic E-state index is 12.9. The molecular weight excluding hydrogens is 350 g/mol. The highest BCUT2D eigenvalue weighted by Gasteiger charge is 2.46. The Labute approximate surface area is 150 Å². The molecule has 1 aliphatic heterocycles. The SMILES string of the molecule is CN(C)CCN1C(=O)C(NC(=O)c2cccs2)C(C)(C)SC1=S. The second-order valence-electron chi connectivity index (χ2n) is 6.15. The number of carbonyl (C=O) groups excluding carboxylic acids is 2. The van der Waals surface area contributed by atoms with E-state index in [1.54, 1.807) is 11.0 Å². The Bertz CT molecular complexity index is 599. The number of likely N-dealkylation sites (N-methyl/N-ethyl adjacent to an activating group) is 1. The number of hydrogen-bond acceptors (Lipinski definition) is 6. The fourth-order valence-electron chi connectivity index (χ4n) is 2.23. The van der Waals surface area contributed by atoms with Gasteiger partial charge in [0.15, 0.2) is 0 Å². The van der Waals surface area contributed by atoms with Gasteiger partial charge in [-0.05, 0) is 39.4 Å². The zero-order valence-electron chi connectivity index (χ0n) is 13.7. The van der Waals surface area contributed by atoms with Crippen LogP contribution in [0.2, 0.25) is 0 Å². The summed E-state index contributed by atoms with van der Waals surface area (Å²) >= 11 is 8.21. The van der Waals surface area contributed by atoms with Gasteiger partial charge < -0.3 is 10.2 Å². The van der Waals surface area contributed by atoms with Gasteiger partial charge in [0, 0.05) is 17.8 Å². The molecule has 0 aromatic carbocycles. The van der Waals surface area contributed by atoms with Crippen molar-refractivity contribution in [3.05, 3.63) is 22.4 Å². The lowest BCUT2D eigenvalue weighted by atomic mass is 10.0. The smallest absolute Gasteiger partial charge is 0.262 e. The highest BCUT2D eigenvalue weighted by Crippen LogP contribution is 2.36. The van der Waals surface area contributed by atoms with Crippen LogP contribution in [0.15, 0.2) is 17.5 Å². The van der Waals surface area contributed by atoms with Crippen LogP contribution in [-0.2, 0) is 4.79 Å². The molecule has 0 radical (unpaired) electrons. The molecule has 2 heterocycles. The van der Waals surface area contributed by atoms with Crippen molar-refractivity contribution in [2.24, 2.45) is 0 Å². The monoisotopic (exact) mass is 371 g/mol. The lowest BCUT2D eigenvalue weighted by molar-refractivity contribution is -0.130. The number of amides is 2. The first-order valence-corrected chi connectivity index (χ1v) is 9.36. The molecule has 1 fully saturated rings. The molecule has 1 unspecified atom stereocenters. The Morgan fingerprint density at radius 2 is 2.17 bits per heavy atom. The van der Waals surface area contributed by atoms with Crippen molar-refractivity contribution in [3.63, 3.8) is 0 Å². The average Bonchev–Trinajstić information content (AvgIpc) is 2.96. The van der Waals surface area contributed by atoms with E-state index in [-0.39, 0.29) is 11.8 Å². The fourth-order valence-corrected chi connectivity index (χ4v) is 4.70. The van der Waals surface area contributed by atoms with Crippen LogP contribution < -0.4 is 5.32 Å². The molecule has 1 aromatic heterocycles. The van der Waals surface area contributed by atoms with Crippen molar-refractivity contribution >= 4 is 51.5 Å².